The third kappa shape index (κ3) is 3.07. The van der Waals surface area contributed by atoms with Gasteiger partial charge in [-0.1, -0.05) is 17.7 Å². The van der Waals surface area contributed by atoms with Crippen molar-refractivity contribution in [2.45, 2.75) is 19.5 Å². The average molecular weight is 422 g/mol. The van der Waals surface area contributed by atoms with E-state index in [1.807, 2.05) is 13.0 Å². The van der Waals surface area contributed by atoms with Gasteiger partial charge in [0.05, 0.1) is 34.2 Å². The van der Waals surface area contributed by atoms with Crippen LogP contribution in [0.25, 0.3) is 16.6 Å². The number of hydrogen-bond donors (Lipinski definition) is 2. The lowest BCUT2D eigenvalue weighted by Crippen LogP contribution is -2.29. The van der Waals surface area contributed by atoms with E-state index >= 15 is 0 Å². The fraction of sp³-hybridized carbons (Fsp3) is 0.158. The van der Waals surface area contributed by atoms with E-state index in [4.69, 9.17) is 16.6 Å². The van der Waals surface area contributed by atoms with Gasteiger partial charge in [-0.3, -0.25) is 14.5 Å². The monoisotopic (exact) mass is 421 g/mol. The number of benzene rings is 1. The molecule has 0 aliphatic rings. The molecule has 0 saturated heterocycles. The Hall–Kier alpha value is -3.79. The Morgan fingerprint density at radius 2 is 2.13 bits per heavy atom. The molecule has 5 rings (SSSR count). The highest BCUT2D eigenvalue weighted by atomic mass is 35.5. The predicted octanol–water partition coefficient (Wildman–Crippen LogP) is 2.43. The van der Waals surface area contributed by atoms with Crippen molar-refractivity contribution in [1.82, 2.24) is 39.3 Å². The van der Waals surface area contributed by atoms with E-state index in [1.54, 1.807) is 45.9 Å². The molecule has 4 aromatic heterocycles. The lowest BCUT2D eigenvalue weighted by atomic mass is 10.2. The molecule has 0 aliphatic heterocycles. The van der Waals surface area contributed by atoms with Gasteiger partial charge in [-0.15, -0.1) is 0 Å². The van der Waals surface area contributed by atoms with E-state index in [-0.39, 0.29) is 18.1 Å². The Kier molecular flexibility index (Phi) is 4.40. The molecule has 4 heterocycles. The lowest BCUT2D eigenvalue weighted by molar-refractivity contribution is 0.630. The van der Waals surface area contributed by atoms with Gasteiger partial charge in [-0.2, -0.15) is 10.2 Å². The molecule has 1 atom stereocenters. The maximum atomic E-state index is 13.4. The number of rotatable bonds is 5. The van der Waals surface area contributed by atoms with E-state index in [1.165, 1.54) is 6.33 Å². The van der Waals surface area contributed by atoms with Crippen LogP contribution in [0.2, 0.25) is 5.02 Å². The van der Waals surface area contributed by atoms with Crippen LogP contribution < -0.4 is 10.9 Å². The smallest absolute Gasteiger partial charge is 0.263 e. The molecule has 30 heavy (non-hydrogen) atoms. The van der Waals surface area contributed by atoms with E-state index in [2.05, 4.69) is 30.6 Å². The zero-order valence-electron chi connectivity index (χ0n) is 15.8. The Balaban J connectivity index is 1.64. The van der Waals surface area contributed by atoms with Crippen LogP contribution in [0.1, 0.15) is 24.5 Å². The van der Waals surface area contributed by atoms with Crippen LogP contribution >= 0.6 is 11.6 Å². The normalized spacial score (nSPS) is 12.5. The third-order valence-corrected chi connectivity index (χ3v) is 5.10. The lowest BCUT2D eigenvalue weighted by Gasteiger charge is -2.20. The van der Waals surface area contributed by atoms with Crippen LogP contribution in [0.4, 0.5) is 5.82 Å². The highest BCUT2D eigenvalue weighted by Crippen LogP contribution is 2.23. The van der Waals surface area contributed by atoms with Crippen molar-refractivity contribution in [3.63, 3.8) is 0 Å². The van der Waals surface area contributed by atoms with E-state index in [9.17, 15) is 4.79 Å². The van der Waals surface area contributed by atoms with Crippen LogP contribution in [-0.2, 0) is 6.54 Å². The largest absolute Gasteiger partial charge is 0.357 e. The summed E-state index contributed by atoms with van der Waals surface area (Å²) in [6.45, 7) is 2.18. The highest BCUT2D eigenvalue weighted by Gasteiger charge is 2.20. The molecule has 0 fully saturated rings. The molecule has 0 amide bonds. The maximum absolute atomic E-state index is 13.4. The summed E-state index contributed by atoms with van der Waals surface area (Å²) in [5, 5.41) is 15.0. The number of imidazole rings is 1. The average Bonchev–Trinajstić information content (AvgIpc) is 3.42. The number of aromatic nitrogens is 8. The standard InChI is InChI=1S/C19H16ClN9O/c1-11(25-16-18-21-7-8-29(18)24-10-22-16)17-26-14-4-2-3-13(20)15(14)19(30)28(17)9-12-5-6-23-27-12/h2-8,10-11H,9H2,1H3,(H,23,27)(H,22,24,25). The molecule has 5 aromatic rings. The van der Waals surface area contributed by atoms with E-state index < -0.39 is 0 Å². The maximum Gasteiger partial charge on any atom is 0.263 e. The van der Waals surface area contributed by atoms with Gasteiger partial charge in [0, 0.05) is 18.6 Å². The fourth-order valence-electron chi connectivity index (χ4n) is 3.39. The van der Waals surface area contributed by atoms with Crippen molar-refractivity contribution in [2.24, 2.45) is 0 Å². The van der Waals surface area contributed by atoms with Gasteiger partial charge < -0.3 is 5.32 Å². The summed E-state index contributed by atoms with van der Waals surface area (Å²) >= 11 is 6.31. The van der Waals surface area contributed by atoms with Crippen molar-refractivity contribution in [2.75, 3.05) is 5.32 Å². The quantitative estimate of drug-likeness (QED) is 0.447. The molecule has 1 unspecified atom stereocenters. The van der Waals surface area contributed by atoms with E-state index in [0.29, 0.717) is 33.2 Å². The highest BCUT2D eigenvalue weighted by molar-refractivity contribution is 6.35. The van der Waals surface area contributed by atoms with Gasteiger partial charge >= 0.3 is 0 Å². The Morgan fingerprint density at radius 3 is 2.97 bits per heavy atom. The number of nitrogens with zero attached hydrogens (tertiary/aromatic N) is 7. The van der Waals surface area contributed by atoms with Crippen LogP contribution in [0, 0.1) is 0 Å². The Morgan fingerprint density at radius 1 is 1.23 bits per heavy atom. The van der Waals surface area contributed by atoms with Gasteiger partial charge in [0.1, 0.15) is 12.2 Å². The van der Waals surface area contributed by atoms with Crippen molar-refractivity contribution in [3.05, 3.63) is 76.1 Å². The van der Waals surface area contributed by atoms with Crippen LogP contribution in [-0.4, -0.2) is 39.3 Å². The molecule has 0 spiro atoms. The van der Waals surface area contributed by atoms with Crippen molar-refractivity contribution in [3.8, 4) is 0 Å². The first kappa shape index (κ1) is 18.3. The molecule has 0 bridgehead atoms. The molecule has 0 saturated carbocycles. The van der Waals surface area contributed by atoms with Crippen LogP contribution in [0.5, 0.6) is 0 Å². The predicted molar refractivity (Wildman–Crippen MR) is 112 cm³/mol. The Labute approximate surface area is 174 Å². The summed E-state index contributed by atoms with van der Waals surface area (Å²) < 4.78 is 3.21. The number of halogens is 1. The minimum Gasteiger partial charge on any atom is -0.357 e. The molecule has 2 N–H and O–H groups in total. The summed E-state index contributed by atoms with van der Waals surface area (Å²) in [6.07, 6.45) is 6.45. The summed E-state index contributed by atoms with van der Waals surface area (Å²) in [5.41, 5.74) is 1.66. The Bertz CT molecular complexity index is 1410. The minimum atomic E-state index is -0.362. The second-order valence-corrected chi connectivity index (χ2v) is 7.15. The molecule has 150 valence electrons. The van der Waals surface area contributed by atoms with E-state index in [0.717, 1.165) is 5.69 Å². The number of H-pyrrole nitrogens is 1. The van der Waals surface area contributed by atoms with Crippen molar-refractivity contribution < 1.29 is 0 Å². The van der Waals surface area contributed by atoms with Gasteiger partial charge in [0.25, 0.3) is 5.56 Å². The number of anilines is 1. The number of hydrogen-bond acceptors (Lipinski definition) is 7. The topological polar surface area (TPSA) is 119 Å². The number of nitrogens with one attached hydrogen (secondary N) is 2. The molecular formula is C19H16ClN9O. The van der Waals surface area contributed by atoms with Gasteiger partial charge in [0.15, 0.2) is 11.5 Å². The molecule has 1 aromatic carbocycles. The zero-order valence-corrected chi connectivity index (χ0v) is 16.6. The van der Waals surface area contributed by atoms with Crippen LogP contribution in [0.3, 0.4) is 0 Å². The van der Waals surface area contributed by atoms with Crippen molar-refractivity contribution in [1.29, 1.82) is 0 Å². The summed E-state index contributed by atoms with van der Waals surface area (Å²) in [7, 11) is 0. The summed E-state index contributed by atoms with van der Waals surface area (Å²) in [5.74, 6) is 1.07. The first-order valence-electron chi connectivity index (χ1n) is 9.20. The first-order chi connectivity index (χ1) is 14.6. The summed E-state index contributed by atoms with van der Waals surface area (Å²) in [4.78, 5) is 26.7. The second kappa shape index (κ2) is 7.23. The third-order valence-electron chi connectivity index (χ3n) is 4.79. The minimum absolute atomic E-state index is 0.225. The number of aromatic amines is 1. The van der Waals surface area contributed by atoms with Gasteiger partial charge in [-0.25, -0.2) is 19.5 Å². The zero-order chi connectivity index (χ0) is 20.7. The second-order valence-electron chi connectivity index (χ2n) is 6.75. The molecule has 11 heteroatoms. The molecular weight excluding hydrogens is 406 g/mol. The van der Waals surface area contributed by atoms with Crippen molar-refractivity contribution >= 4 is 34.0 Å². The molecule has 10 nitrogen and oxygen atoms in total. The van der Waals surface area contributed by atoms with Gasteiger partial charge in [0.2, 0.25) is 0 Å². The first-order valence-corrected chi connectivity index (χ1v) is 9.57. The fourth-order valence-corrected chi connectivity index (χ4v) is 3.65. The van der Waals surface area contributed by atoms with Gasteiger partial charge in [-0.05, 0) is 25.1 Å². The molecule has 0 aliphatic carbocycles. The SMILES string of the molecule is CC(Nc1ncnn2ccnc12)c1nc2cccc(Cl)c2c(=O)n1Cc1ccn[nH]1. The molecule has 0 radical (unpaired) electrons. The summed E-state index contributed by atoms with van der Waals surface area (Å²) in [6, 6.07) is 6.68. The number of fused-ring (bicyclic) bond motifs is 2. The van der Waals surface area contributed by atoms with Crippen LogP contribution in [0.15, 0.2) is 54.0 Å².